The highest BCUT2D eigenvalue weighted by Crippen LogP contribution is 2.31. The lowest BCUT2D eigenvalue weighted by Gasteiger charge is -2.23. The highest BCUT2D eigenvalue weighted by molar-refractivity contribution is 7.92. The Kier molecular flexibility index (Phi) is 4.54. The summed E-state index contributed by atoms with van der Waals surface area (Å²) < 4.78 is 27.9. The Balaban J connectivity index is 2.44. The Morgan fingerprint density at radius 2 is 1.68 bits per heavy atom. The second-order valence-corrected chi connectivity index (χ2v) is 8.40. The Labute approximate surface area is 137 Å². The summed E-state index contributed by atoms with van der Waals surface area (Å²) in [5.74, 6) is 0. The number of rotatable bonds is 3. The van der Waals surface area contributed by atoms with Crippen molar-refractivity contribution in [1.29, 1.82) is 0 Å². The molecule has 2 rings (SSSR count). The van der Waals surface area contributed by atoms with Gasteiger partial charge in [-0.2, -0.15) is 0 Å². The number of anilines is 1. The lowest BCUT2D eigenvalue weighted by molar-refractivity contribution is 0.590. The van der Waals surface area contributed by atoms with Gasteiger partial charge in [-0.25, -0.2) is 8.42 Å². The summed E-state index contributed by atoms with van der Waals surface area (Å²) in [7, 11) is -3.64. The molecule has 5 heteroatoms. The van der Waals surface area contributed by atoms with Gasteiger partial charge in [0.2, 0.25) is 0 Å². The van der Waals surface area contributed by atoms with Crippen molar-refractivity contribution in [3.05, 3.63) is 58.6 Å². The zero-order valence-electron chi connectivity index (χ0n) is 13.1. The molecule has 0 aliphatic rings. The van der Waals surface area contributed by atoms with Crippen LogP contribution in [0.5, 0.6) is 0 Å². The van der Waals surface area contributed by atoms with Crippen LogP contribution in [0.2, 0.25) is 5.02 Å². The van der Waals surface area contributed by atoms with E-state index >= 15 is 0 Å². The molecule has 0 aliphatic heterocycles. The van der Waals surface area contributed by atoms with E-state index in [4.69, 9.17) is 11.6 Å². The van der Waals surface area contributed by atoms with Crippen LogP contribution >= 0.6 is 11.6 Å². The number of para-hydroxylation sites is 1. The van der Waals surface area contributed by atoms with Gasteiger partial charge in [0.1, 0.15) is 0 Å². The molecule has 0 spiro atoms. The van der Waals surface area contributed by atoms with Crippen LogP contribution in [0, 0.1) is 6.92 Å². The van der Waals surface area contributed by atoms with Crippen LogP contribution in [0.25, 0.3) is 0 Å². The average molecular weight is 338 g/mol. The third kappa shape index (κ3) is 3.62. The van der Waals surface area contributed by atoms with E-state index in [1.165, 1.54) is 6.07 Å². The largest absolute Gasteiger partial charge is 0.279 e. The van der Waals surface area contributed by atoms with E-state index in [0.717, 1.165) is 11.1 Å². The number of sulfonamides is 1. The van der Waals surface area contributed by atoms with E-state index in [2.05, 4.69) is 4.72 Å². The summed E-state index contributed by atoms with van der Waals surface area (Å²) in [5, 5.41) is 0.550. The molecule has 0 aromatic heterocycles. The quantitative estimate of drug-likeness (QED) is 0.878. The van der Waals surface area contributed by atoms with Gasteiger partial charge in [0.15, 0.2) is 0 Å². The number of hydrogen-bond donors (Lipinski definition) is 1. The van der Waals surface area contributed by atoms with Gasteiger partial charge in [0, 0.05) is 5.02 Å². The number of benzene rings is 2. The first-order chi connectivity index (χ1) is 10.1. The molecule has 3 nitrogen and oxygen atoms in total. The average Bonchev–Trinajstić information content (AvgIpc) is 2.40. The van der Waals surface area contributed by atoms with Crippen LogP contribution in [0.15, 0.2) is 47.4 Å². The van der Waals surface area contributed by atoms with E-state index in [9.17, 15) is 8.42 Å². The Morgan fingerprint density at radius 3 is 2.27 bits per heavy atom. The van der Waals surface area contributed by atoms with Gasteiger partial charge in [-0.3, -0.25) is 4.72 Å². The second kappa shape index (κ2) is 5.94. The van der Waals surface area contributed by atoms with Crippen LogP contribution in [0.3, 0.4) is 0 Å². The van der Waals surface area contributed by atoms with Crippen LogP contribution in [0.1, 0.15) is 31.9 Å². The van der Waals surface area contributed by atoms with Crippen molar-refractivity contribution in [2.75, 3.05) is 4.72 Å². The maximum Gasteiger partial charge on any atom is 0.261 e. The van der Waals surface area contributed by atoms with Crippen LogP contribution in [0.4, 0.5) is 5.69 Å². The van der Waals surface area contributed by atoms with E-state index in [1.807, 2.05) is 39.0 Å². The molecule has 1 N–H and O–H groups in total. The molecule has 0 saturated carbocycles. The molecule has 0 atom stereocenters. The Bertz CT molecular complexity index is 793. The minimum atomic E-state index is -3.64. The maximum atomic E-state index is 12.6. The molecule has 0 amide bonds. The van der Waals surface area contributed by atoms with Gasteiger partial charge in [0.05, 0.1) is 10.6 Å². The van der Waals surface area contributed by atoms with Crippen LogP contribution < -0.4 is 4.72 Å². The van der Waals surface area contributed by atoms with Gasteiger partial charge in [-0.05, 0) is 47.7 Å². The van der Waals surface area contributed by atoms with Crippen LogP contribution in [-0.4, -0.2) is 8.42 Å². The number of hydrogen-bond acceptors (Lipinski definition) is 2. The summed E-state index contributed by atoms with van der Waals surface area (Å²) >= 11 is 5.96. The van der Waals surface area contributed by atoms with Crippen molar-refractivity contribution in [2.45, 2.75) is 38.0 Å². The van der Waals surface area contributed by atoms with Gasteiger partial charge in [-0.1, -0.05) is 50.6 Å². The molecule has 0 bridgehead atoms. The lowest BCUT2D eigenvalue weighted by atomic mass is 9.86. The second-order valence-electron chi connectivity index (χ2n) is 6.31. The zero-order valence-corrected chi connectivity index (χ0v) is 14.7. The monoisotopic (exact) mass is 337 g/mol. The molecule has 0 fully saturated rings. The number of aryl methyl sites for hydroxylation is 1. The minimum absolute atomic E-state index is 0.158. The molecular formula is C17H20ClNO2S. The van der Waals surface area contributed by atoms with Crippen molar-refractivity contribution >= 4 is 27.3 Å². The fraction of sp³-hybridized carbons (Fsp3) is 0.294. The SMILES string of the molecule is Cc1cc(S(=O)(=O)Nc2ccccc2C(C)(C)C)ccc1Cl. The van der Waals surface area contributed by atoms with E-state index < -0.39 is 10.0 Å². The summed E-state index contributed by atoms with van der Waals surface area (Å²) in [5.41, 5.74) is 2.12. The molecule has 2 aromatic carbocycles. The summed E-state index contributed by atoms with van der Waals surface area (Å²) in [6.45, 7) is 7.93. The molecule has 22 heavy (non-hydrogen) atoms. The molecule has 0 radical (unpaired) electrons. The first-order valence-electron chi connectivity index (χ1n) is 7.00. The first-order valence-corrected chi connectivity index (χ1v) is 8.86. The van der Waals surface area contributed by atoms with Crippen molar-refractivity contribution in [3.63, 3.8) is 0 Å². The molecule has 118 valence electrons. The molecule has 0 saturated heterocycles. The molecule has 2 aromatic rings. The summed E-state index contributed by atoms with van der Waals surface area (Å²) in [4.78, 5) is 0.207. The first kappa shape index (κ1) is 16.8. The van der Waals surface area contributed by atoms with Crippen molar-refractivity contribution in [3.8, 4) is 0 Å². The molecular weight excluding hydrogens is 318 g/mol. The van der Waals surface area contributed by atoms with Crippen LogP contribution in [-0.2, 0) is 15.4 Å². The maximum absolute atomic E-state index is 12.6. The highest BCUT2D eigenvalue weighted by Gasteiger charge is 2.21. The zero-order chi connectivity index (χ0) is 16.5. The predicted octanol–water partition coefficient (Wildman–Crippen LogP) is 4.75. The van der Waals surface area contributed by atoms with Gasteiger partial charge in [-0.15, -0.1) is 0 Å². The number of halogens is 1. The minimum Gasteiger partial charge on any atom is -0.279 e. The molecule has 0 aliphatic carbocycles. The third-order valence-corrected chi connectivity index (χ3v) is 5.21. The van der Waals surface area contributed by atoms with Gasteiger partial charge in [0.25, 0.3) is 10.0 Å². The summed E-state index contributed by atoms with van der Waals surface area (Å²) in [6.07, 6.45) is 0. The molecule has 0 heterocycles. The van der Waals surface area contributed by atoms with E-state index in [0.29, 0.717) is 10.7 Å². The van der Waals surface area contributed by atoms with E-state index in [-0.39, 0.29) is 10.3 Å². The molecule has 0 unspecified atom stereocenters. The van der Waals surface area contributed by atoms with Crippen molar-refractivity contribution < 1.29 is 8.42 Å². The van der Waals surface area contributed by atoms with Gasteiger partial charge < -0.3 is 0 Å². The Hall–Kier alpha value is -1.52. The topological polar surface area (TPSA) is 46.2 Å². The smallest absolute Gasteiger partial charge is 0.261 e. The van der Waals surface area contributed by atoms with Crippen molar-refractivity contribution in [2.24, 2.45) is 0 Å². The normalized spacial score (nSPS) is 12.2. The highest BCUT2D eigenvalue weighted by atomic mass is 35.5. The van der Waals surface area contributed by atoms with Crippen molar-refractivity contribution in [1.82, 2.24) is 0 Å². The fourth-order valence-corrected chi connectivity index (χ4v) is 3.50. The fourth-order valence-electron chi connectivity index (χ4n) is 2.21. The lowest BCUT2D eigenvalue weighted by Crippen LogP contribution is -2.19. The third-order valence-electron chi connectivity index (χ3n) is 3.42. The van der Waals surface area contributed by atoms with Gasteiger partial charge >= 0.3 is 0 Å². The number of nitrogens with one attached hydrogen (secondary N) is 1. The standard InChI is InChI=1S/C17H20ClNO2S/c1-12-11-13(9-10-15(12)18)22(20,21)19-16-8-6-5-7-14(16)17(2,3)4/h5-11,19H,1-4H3. The Morgan fingerprint density at radius 1 is 1.05 bits per heavy atom. The predicted molar refractivity (Wildman–Crippen MR) is 92.1 cm³/mol. The van der Waals surface area contributed by atoms with E-state index in [1.54, 1.807) is 25.1 Å². The summed E-state index contributed by atoms with van der Waals surface area (Å²) in [6, 6.07) is 12.1.